The fourth-order valence-electron chi connectivity index (χ4n) is 2.68. The standard InChI is InChI=1S/C21H28FN3O2S/c1-4-23-21(24-12-15-6-9-19(26)20(10-15)27-5-2)25-13-16-7-8-18(22)11-17(16)14-28-3/h6-11,26H,4-5,12-14H2,1-3H3,(H2,23,24,25). The van der Waals surface area contributed by atoms with Crippen molar-refractivity contribution in [3.63, 3.8) is 0 Å². The number of nitrogens with one attached hydrogen (secondary N) is 2. The van der Waals surface area contributed by atoms with Crippen LogP contribution in [0.5, 0.6) is 11.5 Å². The molecule has 0 saturated carbocycles. The number of phenols is 1. The molecule has 0 unspecified atom stereocenters. The average Bonchev–Trinajstić information content (AvgIpc) is 2.68. The zero-order chi connectivity index (χ0) is 20.4. The highest BCUT2D eigenvalue weighted by atomic mass is 32.2. The minimum Gasteiger partial charge on any atom is -0.504 e. The lowest BCUT2D eigenvalue weighted by molar-refractivity contribution is 0.318. The van der Waals surface area contributed by atoms with Crippen molar-refractivity contribution in [1.29, 1.82) is 0 Å². The number of nitrogens with zero attached hydrogens (tertiary/aromatic N) is 1. The normalized spacial score (nSPS) is 11.4. The summed E-state index contributed by atoms with van der Waals surface area (Å²) in [5.41, 5.74) is 2.96. The first-order valence-electron chi connectivity index (χ1n) is 9.30. The van der Waals surface area contributed by atoms with Crippen LogP contribution in [0.25, 0.3) is 0 Å². The maximum absolute atomic E-state index is 13.5. The summed E-state index contributed by atoms with van der Waals surface area (Å²) in [4.78, 5) is 4.60. The van der Waals surface area contributed by atoms with E-state index < -0.39 is 0 Å². The Morgan fingerprint density at radius 1 is 1.14 bits per heavy atom. The maximum Gasteiger partial charge on any atom is 0.191 e. The summed E-state index contributed by atoms with van der Waals surface area (Å²) < 4.78 is 18.9. The van der Waals surface area contributed by atoms with E-state index >= 15 is 0 Å². The van der Waals surface area contributed by atoms with Crippen molar-refractivity contribution >= 4 is 17.7 Å². The Labute approximate surface area is 170 Å². The summed E-state index contributed by atoms with van der Waals surface area (Å²) in [6, 6.07) is 10.1. The van der Waals surface area contributed by atoms with Crippen LogP contribution in [0.15, 0.2) is 41.4 Å². The Hall–Kier alpha value is -2.41. The number of rotatable bonds is 9. The summed E-state index contributed by atoms with van der Waals surface area (Å²) >= 11 is 1.66. The van der Waals surface area contributed by atoms with Gasteiger partial charge in [-0.15, -0.1) is 0 Å². The lowest BCUT2D eigenvalue weighted by Crippen LogP contribution is -2.37. The van der Waals surface area contributed by atoms with Gasteiger partial charge in [-0.2, -0.15) is 11.8 Å². The first kappa shape index (κ1) is 21.9. The van der Waals surface area contributed by atoms with Gasteiger partial charge in [-0.3, -0.25) is 0 Å². The van der Waals surface area contributed by atoms with Crippen molar-refractivity contribution < 1.29 is 14.2 Å². The molecule has 0 aromatic heterocycles. The first-order valence-corrected chi connectivity index (χ1v) is 10.7. The van der Waals surface area contributed by atoms with Crippen LogP contribution in [-0.4, -0.2) is 30.5 Å². The second-order valence-electron chi connectivity index (χ2n) is 6.13. The topological polar surface area (TPSA) is 65.9 Å². The van der Waals surface area contributed by atoms with E-state index in [4.69, 9.17) is 4.74 Å². The largest absolute Gasteiger partial charge is 0.504 e. The maximum atomic E-state index is 13.5. The summed E-state index contributed by atoms with van der Waals surface area (Å²) in [6.45, 7) is 6.09. The number of ether oxygens (including phenoxy) is 1. The van der Waals surface area contributed by atoms with Crippen LogP contribution in [0.4, 0.5) is 4.39 Å². The van der Waals surface area contributed by atoms with Gasteiger partial charge in [0.05, 0.1) is 13.2 Å². The predicted octanol–water partition coefficient (Wildman–Crippen LogP) is 4.05. The molecule has 0 aliphatic carbocycles. The third kappa shape index (κ3) is 6.64. The van der Waals surface area contributed by atoms with Gasteiger partial charge >= 0.3 is 0 Å². The zero-order valence-corrected chi connectivity index (χ0v) is 17.4. The van der Waals surface area contributed by atoms with E-state index in [0.717, 1.165) is 29.0 Å². The molecule has 0 heterocycles. The van der Waals surface area contributed by atoms with Crippen LogP contribution in [0.3, 0.4) is 0 Å². The van der Waals surface area contributed by atoms with Crippen LogP contribution < -0.4 is 15.4 Å². The highest BCUT2D eigenvalue weighted by Gasteiger charge is 2.07. The van der Waals surface area contributed by atoms with Crippen LogP contribution in [0.1, 0.15) is 30.5 Å². The van der Waals surface area contributed by atoms with Crippen LogP contribution >= 0.6 is 11.8 Å². The fourth-order valence-corrected chi connectivity index (χ4v) is 3.26. The highest BCUT2D eigenvalue weighted by molar-refractivity contribution is 7.97. The highest BCUT2D eigenvalue weighted by Crippen LogP contribution is 2.27. The Morgan fingerprint density at radius 3 is 2.68 bits per heavy atom. The molecule has 2 aromatic carbocycles. The zero-order valence-electron chi connectivity index (χ0n) is 16.6. The van der Waals surface area contributed by atoms with E-state index in [9.17, 15) is 9.50 Å². The number of aromatic hydroxyl groups is 1. The van der Waals surface area contributed by atoms with E-state index in [1.54, 1.807) is 30.0 Å². The van der Waals surface area contributed by atoms with E-state index in [-0.39, 0.29) is 11.6 Å². The number of guanidine groups is 1. The monoisotopic (exact) mass is 405 g/mol. The third-order valence-corrected chi connectivity index (χ3v) is 4.60. The van der Waals surface area contributed by atoms with E-state index in [1.165, 1.54) is 6.07 Å². The minimum absolute atomic E-state index is 0.122. The fraction of sp³-hybridized carbons (Fsp3) is 0.381. The summed E-state index contributed by atoms with van der Waals surface area (Å²) in [5, 5.41) is 16.3. The van der Waals surface area contributed by atoms with Gasteiger partial charge in [0.25, 0.3) is 0 Å². The molecule has 2 aromatic rings. The molecule has 5 nitrogen and oxygen atoms in total. The van der Waals surface area contributed by atoms with E-state index in [0.29, 0.717) is 31.4 Å². The lowest BCUT2D eigenvalue weighted by Gasteiger charge is -2.14. The quantitative estimate of drug-likeness (QED) is 0.434. The number of halogens is 1. The predicted molar refractivity (Wildman–Crippen MR) is 115 cm³/mol. The molecule has 28 heavy (non-hydrogen) atoms. The second-order valence-corrected chi connectivity index (χ2v) is 7.00. The SMILES string of the molecule is CCNC(=NCc1ccc(O)c(OCC)c1)NCc1ccc(F)cc1CSC. The molecule has 0 fully saturated rings. The first-order chi connectivity index (χ1) is 13.6. The average molecular weight is 406 g/mol. The molecular weight excluding hydrogens is 377 g/mol. The number of benzene rings is 2. The lowest BCUT2D eigenvalue weighted by atomic mass is 10.1. The Bertz CT molecular complexity index is 799. The Kier molecular flexibility index (Phi) is 8.94. The molecule has 152 valence electrons. The van der Waals surface area contributed by atoms with Gasteiger partial charge in [-0.05, 0) is 61.1 Å². The Morgan fingerprint density at radius 2 is 1.96 bits per heavy atom. The van der Waals surface area contributed by atoms with Crippen LogP contribution in [-0.2, 0) is 18.8 Å². The van der Waals surface area contributed by atoms with Crippen molar-refractivity contribution in [3.8, 4) is 11.5 Å². The van der Waals surface area contributed by atoms with Gasteiger partial charge in [0.1, 0.15) is 5.82 Å². The second kappa shape index (κ2) is 11.4. The number of thioether (sulfide) groups is 1. The molecule has 0 bridgehead atoms. The number of hydrogen-bond acceptors (Lipinski definition) is 4. The molecule has 2 rings (SSSR count). The van der Waals surface area contributed by atoms with Gasteiger partial charge in [0.2, 0.25) is 0 Å². The van der Waals surface area contributed by atoms with E-state index in [2.05, 4.69) is 15.6 Å². The molecule has 0 saturated heterocycles. The van der Waals surface area contributed by atoms with Crippen molar-refractivity contribution in [2.24, 2.45) is 4.99 Å². The third-order valence-electron chi connectivity index (χ3n) is 4.00. The molecule has 0 amide bonds. The Balaban J connectivity index is 2.08. The minimum atomic E-state index is -0.217. The molecule has 0 spiro atoms. The van der Waals surface area contributed by atoms with Crippen molar-refractivity contribution in [2.45, 2.75) is 32.7 Å². The van der Waals surface area contributed by atoms with Crippen LogP contribution in [0, 0.1) is 5.82 Å². The summed E-state index contributed by atoms with van der Waals surface area (Å²) in [6.07, 6.45) is 2.00. The van der Waals surface area contributed by atoms with Crippen molar-refractivity contribution in [2.75, 3.05) is 19.4 Å². The van der Waals surface area contributed by atoms with Crippen molar-refractivity contribution in [3.05, 3.63) is 58.9 Å². The number of phenolic OH excluding ortho intramolecular Hbond substituents is 1. The molecule has 0 atom stereocenters. The molecule has 0 aliphatic rings. The van der Waals surface area contributed by atoms with Gasteiger partial charge in [0, 0.05) is 18.8 Å². The number of aliphatic imine (C=N–C) groups is 1. The summed E-state index contributed by atoms with van der Waals surface area (Å²) in [5.74, 6) is 1.80. The molecule has 0 radical (unpaired) electrons. The molecule has 0 aliphatic heterocycles. The van der Waals surface area contributed by atoms with Crippen molar-refractivity contribution in [1.82, 2.24) is 10.6 Å². The molecule has 3 N–H and O–H groups in total. The van der Waals surface area contributed by atoms with Gasteiger partial charge in [-0.1, -0.05) is 12.1 Å². The number of hydrogen-bond donors (Lipinski definition) is 3. The van der Waals surface area contributed by atoms with Crippen LogP contribution in [0.2, 0.25) is 0 Å². The van der Waals surface area contributed by atoms with E-state index in [1.807, 2.05) is 32.2 Å². The van der Waals surface area contributed by atoms with Gasteiger partial charge < -0.3 is 20.5 Å². The van der Waals surface area contributed by atoms with Gasteiger partial charge in [-0.25, -0.2) is 9.38 Å². The molecular formula is C21H28FN3O2S. The molecule has 7 heteroatoms. The van der Waals surface area contributed by atoms with Gasteiger partial charge in [0.15, 0.2) is 17.5 Å². The smallest absolute Gasteiger partial charge is 0.191 e. The summed E-state index contributed by atoms with van der Waals surface area (Å²) in [7, 11) is 0.